The molecule has 0 radical (unpaired) electrons. The van der Waals surface area contributed by atoms with E-state index in [1.165, 1.54) is 40.9 Å². The molecule has 1 N–H and O–H groups in total. The summed E-state index contributed by atoms with van der Waals surface area (Å²) in [6.07, 6.45) is -5.56. The van der Waals surface area contributed by atoms with E-state index in [-0.39, 0.29) is 23.1 Å². The molecule has 3 heterocycles. The third-order valence-electron chi connectivity index (χ3n) is 5.56. The third-order valence-corrected chi connectivity index (χ3v) is 5.56. The van der Waals surface area contributed by atoms with Crippen LogP contribution in [-0.2, 0) is 15.7 Å². The maximum atomic E-state index is 14.3. The van der Waals surface area contributed by atoms with E-state index in [2.05, 4.69) is 20.3 Å². The van der Waals surface area contributed by atoms with Gasteiger partial charge in [0.25, 0.3) is 0 Å². The number of carbonyl (C=O) groups is 2. The van der Waals surface area contributed by atoms with E-state index in [1.807, 2.05) is 0 Å². The number of rotatable bonds is 4. The molecule has 0 saturated heterocycles. The number of fused-ring (bicyclic) bond motifs is 1. The Hall–Kier alpha value is -4.75. The lowest BCUT2D eigenvalue weighted by molar-refractivity contribution is -0.137. The second-order valence-corrected chi connectivity index (χ2v) is 11.6. The summed E-state index contributed by atoms with van der Waals surface area (Å²) in [5.41, 5.74) is -1.47. The number of ether oxygens (including phenoxy) is 2. The van der Waals surface area contributed by atoms with Crippen LogP contribution in [-0.4, -0.2) is 42.7 Å². The second-order valence-electron chi connectivity index (χ2n) is 11.6. The van der Waals surface area contributed by atoms with Gasteiger partial charge in [-0.15, -0.1) is 0 Å². The molecule has 0 spiro atoms. The van der Waals surface area contributed by atoms with Crippen molar-refractivity contribution >= 4 is 35.3 Å². The van der Waals surface area contributed by atoms with Gasteiger partial charge in [-0.3, -0.25) is 4.40 Å². The molecule has 1 aromatic carbocycles. The van der Waals surface area contributed by atoms with Crippen LogP contribution in [0.25, 0.3) is 17.0 Å². The standard InChI is InChI=1S/C29H30F4N6O4/c1-16-23(38-15-18(30)10-13-21(38)34-16)20-14-22(39(25(40)42-27(2,3)4)26(41)43-28(5,6)7)37-24(36-20)35-19-11-8-17(9-12-19)29(31,32)33/h8-15H,1-7H3,(H,35,36,37). The number of nitrogens with one attached hydrogen (secondary N) is 1. The number of alkyl halides is 3. The topological polar surface area (TPSA) is 111 Å². The van der Waals surface area contributed by atoms with E-state index < -0.39 is 40.9 Å². The number of nitrogens with zero attached hydrogens (tertiary/aromatic N) is 5. The Morgan fingerprint density at radius 3 is 1.98 bits per heavy atom. The van der Waals surface area contributed by atoms with Crippen LogP contribution in [0.15, 0.2) is 48.7 Å². The minimum Gasteiger partial charge on any atom is -0.443 e. The molecule has 0 fully saturated rings. The lowest BCUT2D eigenvalue weighted by Crippen LogP contribution is -2.44. The van der Waals surface area contributed by atoms with E-state index >= 15 is 0 Å². The normalized spacial score (nSPS) is 12.3. The second kappa shape index (κ2) is 11.2. The highest BCUT2D eigenvalue weighted by Gasteiger charge is 2.35. The van der Waals surface area contributed by atoms with Crippen LogP contribution in [0.3, 0.4) is 0 Å². The van der Waals surface area contributed by atoms with Crippen LogP contribution in [0.4, 0.5) is 44.6 Å². The highest BCUT2D eigenvalue weighted by atomic mass is 19.4. The fraction of sp³-hybridized carbons (Fsp3) is 0.345. The number of anilines is 3. The van der Waals surface area contributed by atoms with Gasteiger partial charge in [-0.2, -0.15) is 23.1 Å². The average molecular weight is 603 g/mol. The lowest BCUT2D eigenvalue weighted by atomic mass is 10.2. The summed E-state index contributed by atoms with van der Waals surface area (Å²) >= 11 is 0. The number of hydrogen-bond acceptors (Lipinski definition) is 8. The fourth-order valence-corrected chi connectivity index (χ4v) is 3.92. The predicted octanol–water partition coefficient (Wildman–Crippen LogP) is 7.68. The van der Waals surface area contributed by atoms with E-state index in [9.17, 15) is 27.2 Å². The number of pyridine rings is 1. The molecule has 0 aliphatic heterocycles. The van der Waals surface area contributed by atoms with Crippen LogP contribution in [0.2, 0.25) is 0 Å². The van der Waals surface area contributed by atoms with Gasteiger partial charge in [-0.25, -0.2) is 23.9 Å². The van der Waals surface area contributed by atoms with Gasteiger partial charge in [-0.1, -0.05) is 0 Å². The van der Waals surface area contributed by atoms with Gasteiger partial charge in [0.1, 0.15) is 22.7 Å². The monoisotopic (exact) mass is 602 g/mol. The van der Waals surface area contributed by atoms with Crippen LogP contribution < -0.4 is 10.2 Å². The van der Waals surface area contributed by atoms with Crippen molar-refractivity contribution in [2.24, 2.45) is 0 Å². The Kier molecular flexibility index (Phi) is 8.09. The summed E-state index contributed by atoms with van der Waals surface area (Å²) in [7, 11) is 0. The first-order chi connectivity index (χ1) is 19.8. The van der Waals surface area contributed by atoms with Gasteiger partial charge in [0.05, 0.1) is 22.6 Å². The van der Waals surface area contributed by atoms with E-state index in [0.29, 0.717) is 21.9 Å². The number of imidazole rings is 1. The van der Waals surface area contributed by atoms with E-state index in [4.69, 9.17) is 9.47 Å². The maximum absolute atomic E-state index is 14.3. The third kappa shape index (κ3) is 7.56. The van der Waals surface area contributed by atoms with Crippen molar-refractivity contribution in [1.29, 1.82) is 0 Å². The highest BCUT2D eigenvalue weighted by Crippen LogP contribution is 2.32. The molecule has 2 amide bonds. The van der Waals surface area contributed by atoms with Gasteiger partial charge >= 0.3 is 18.4 Å². The molecular weight excluding hydrogens is 572 g/mol. The molecule has 10 nitrogen and oxygen atoms in total. The Morgan fingerprint density at radius 2 is 1.44 bits per heavy atom. The summed E-state index contributed by atoms with van der Waals surface area (Å²) in [6, 6.07) is 8.09. The van der Waals surface area contributed by atoms with Crippen molar-refractivity contribution in [2.75, 3.05) is 10.2 Å². The van der Waals surface area contributed by atoms with Crippen molar-refractivity contribution in [2.45, 2.75) is 65.8 Å². The zero-order chi connectivity index (χ0) is 31.9. The minimum atomic E-state index is -4.54. The molecule has 0 unspecified atom stereocenters. The zero-order valence-corrected chi connectivity index (χ0v) is 24.5. The van der Waals surface area contributed by atoms with Crippen molar-refractivity contribution in [1.82, 2.24) is 19.4 Å². The van der Waals surface area contributed by atoms with Crippen molar-refractivity contribution in [3.05, 3.63) is 65.7 Å². The first kappa shape index (κ1) is 31.2. The summed E-state index contributed by atoms with van der Waals surface area (Å²) in [5.74, 6) is -1.04. The molecule has 0 bridgehead atoms. The first-order valence-corrected chi connectivity index (χ1v) is 13.0. The number of aromatic nitrogens is 4. The SMILES string of the molecule is Cc1nc2ccc(F)cn2c1-c1cc(N(C(=O)OC(C)(C)C)C(=O)OC(C)(C)C)nc(Nc2ccc(C(F)(F)F)cc2)n1. The molecule has 14 heteroatoms. The van der Waals surface area contributed by atoms with Crippen LogP contribution in [0.5, 0.6) is 0 Å². The average Bonchev–Trinajstić information content (AvgIpc) is 3.16. The Morgan fingerprint density at radius 1 is 0.860 bits per heavy atom. The number of amides is 2. The van der Waals surface area contributed by atoms with Crippen molar-refractivity contribution in [3.63, 3.8) is 0 Å². The highest BCUT2D eigenvalue weighted by molar-refractivity contribution is 6.09. The molecule has 0 saturated carbocycles. The van der Waals surface area contributed by atoms with Gasteiger partial charge in [0.15, 0.2) is 5.82 Å². The summed E-state index contributed by atoms with van der Waals surface area (Å²) in [5, 5.41) is 2.81. The first-order valence-electron chi connectivity index (χ1n) is 13.0. The number of benzene rings is 1. The molecule has 4 aromatic rings. The largest absolute Gasteiger partial charge is 0.443 e. The summed E-state index contributed by atoms with van der Waals surface area (Å²) < 4.78 is 65.9. The Bertz CT molecular complexity index is 1640. The van der Waals surface area contributed by atoms with Crippen molar-refractivity contribution in [3.8, 4) is 11.4 Å². The molecule has 0 aliphatic carbocycles. The van der Waals surface area contributed by atoms with Gasteiger partial charge in [-0.05, 0) is 84.9 Å². The number of imide groups is 1. The van der Waals surface area contributed by atoms with Crippen LogP contribution in [0.1, 0.15) is 52.8 Å². The lowest BCUT2D eigenvalue weighted by Gasteiger charge is -2.28. The minimum absolute atomic E-state index is 0.104. The molecular formula is C29H30F4N6O4. The Balaban J connectivity index is 1.91. The van der Waals surface area contributed by atoms with Crippen LogP contribution >= 0.6 is 0 Å². The fourth-order valence-electron chi connectivity index (χ4n) is 3.92. The summed E-state index contributed by atoms with van der Waals surface area (Å²) in [4.78, 5) is 40.5. The molecule has 228 valence electrons. The number of halogens is 4. The zero-order valence-electron chi connectivity index (χ0n) is 24.5. The van der Waals surface area contributed by atoms with Gasteiger partial charge in [0.2, 0.25) is 5.95 Å². The summed E-state index contributed by atoms with van der Waals surface area (Å²) in [6.45, 7) is 11.3. The maximum Gasteiger partial charge on any atom is 0.425 e. The predicted molar refractivity (Wildman–Crippen MR) is 151 cm³/mol. The number of aryl methyl sites for hydroxylation is 1. The number of hydrogen-bond donors (Lipinski definition) is 1. The van der Waals surface area contributed by atoms with Gasteiger partial charge < -0.3 is 14.8 Å². The quantitative estimate of drug-likeness (QED) is 0.237. The van der Waals surface area contributed by atoms with Crippen LogP contribution in [0, 0.1) is 12.7 Å². The number of carbonyl (C=O) groups excluding carboxylic acids is 2. The molecule has 0 aliphatic rings. The molecule has 3 aromatic heterocycles. The van der Waals surface area contributed by atoms with Gasteiger partial charge in [0, 0.05) is 18.0 Å². The van der Waals surface area contributed by atoms with E-state index in [1.54, 1.807) is 48.5 Å². The smallest absolute Gasteiger partial charge is 0.425 e. The Labute approximate surface area is 244 Å². The van der Waals surface area contributed by atoms with Crippen molar-refractivity contribution < 1.29 is 36.6 Å². The van der Waals surface area contributed by atoms with E-state index in [0.717, 1.165) is 12.1 Å². The molecule has 0 atom stereocenters. The molecule has 43 heavy (non-hydrogen) atoms. The molecule has 4 rings (SSSR count).